The van der Waals surface area contributed by atoms with Gasteiger partial charge in [-0.3, -0.25) is 4.90 Å². The van der Waals surface area contributed by atoms with Crippen molar-refractivity contribution in [1.82, 2.24) is 14.9 Å². The first-order chi connectivity index (χ1) is 10.0. The van der Waals surface area contributed by atoms with E-state index in [0.29, 0.717) is 23.9 Å². The predicted molar refractivity (Wildman–Crippen MR) is 84.1 cm³/mol. The van der Waals surface area contributed by atoms with Crippen LogP contribution in [0.2, 0.25) is 0 Å². The van der Waals surface area contributed by atoms with Crippen molar-refractivity contribution < 1.29 is 13.2 Å². The van der Waals surface area contributed by atoms with Crippen LogP contribution in [-0.2, 0) is 21.3 Å². The lowest BCUT2D eigenvalue weighted by molar-refractivity contribution is -0.0229. The largest absolute Gasteiger partial charge is 0.374 e. The van der Waals surface area contributed by atoms with Crippen molar-refractivity contribution in [2.24, 2.45) is 0 Å². The molecule has 0 radical (unpaired) electrons. The van der Waals surface area contributed by atoms with E-state index in [2.05, 4.69) is 21.9 Å². The van der Waals surface area contributed by atoms with Crippen LogP contribution < -0.4 is 10.0 Å². The van der Waals surface area contributed by atoms with Gasteiger partial charge in [0.15, 0.2) is 0 Å². The summed E-state index contributed by atoms with van der Waals surface area (Å²) in [5.41, 5.74) is 0.981. The molecule has 8 heteroatoms. The minimum atomic E-state index is -3.44. The standard InChI is InChI=1S/C13H23N3O3S2/c1-3-16-4-5-19-12(9-16)8-15-21(17,18)13-6-11(7-14-2)10-20-13/h6,10,12,14-15H,3-5,7-9H2,1-2H3. The van der Waals surface area contributed by atoms with Gasteiger partial charge in [0.1, 0.15) is 4.21 Å². The van der Waals surface area contributed by atoms with Crippen molar-refractivity contribution in [3.63, 3.8) is 0 Å². The smallest absolute Gasteiger partial charge is 0.250 e. The lowest BCUT2D eigenvalue weighted by Crippen LogP contribution is -2.47. The average Bonchev–Trinajstić information content (AvgIpc) is 2.95. The predicted octanol–water partition coefficient (Wildman–Crippen LogP) is 0.467. The molecule has 2 heterocycles. The molecule has 6 nitrogen and oxygen atoms in total. The van der Waals surface area contributed by atoms with Crippen LogP contribution in [0.15, 0.2) is 15.7 Å². The van der Waals surface area contributed by atoms with E-state index in [-0.39, 0.29) is 6.10 Å². The number of hydrogen-bond donors (Lipinski definition) is 2. The summed E-state index contributed by atoms with van der Waals surface area (Å²) in [6.07, 6.45) is -0.0785. The van der Waals surface area contributed by atoms with Gasteiger partial charge in [-0.05, 0) is 30.6 Å². The Labute approximate surface area is 130 Å². The van der Waals surface area contributed by atoms with Crippen molar-refractivity contribution in [3.8, 4) is 0 Å². The molecule has 1 aliphatic heterocycles. The van der Waals surface area contributed by atoms with Crippen molar-refractivity contribution in [3.05, 3.63) is 17.0 Å². The maximum atomic E-state index is 12.3. The van der Waals surface area contributed by atoms with Crippen molar-refractivity contribution >= 4 is 21.4 Å². The molecule has 0 bridgehead atoms. The Balaban J connectivity index is 1.91. The molecule has 21 heavy (non-hydrogen) atoms. The van der Waals surface area contributed by atoms with Gasteiger partial charge in [-0.1, -0.05) is 6.92 Å². The summed E-state index contributed by atoms with van der Waals surface area (Å²) < 4.78 is 33.1. The molecular formula is C13H23N3O3S2. The average molecular weight is 333 g/mol. The maximum Gasteiger partial charge on any atom is 0.250 e. The Kier molecular flexibility index (Phi) is 6.15. The molecule has 2 rings (SSSR count). The van der Waals surface area contributed by atoms with E-state index >= 15 is 0 Å². The lowest BCUT2D eigenvalue weighted by atomic mass is 10.3. The molecule has 0 saturated carbocycles. The number of morpholine rings is 1. The van der Waals surface area contributed by atoms with Crippen LogP contribution in [-0.4, -0.2) is 59.3 Å². The zero-order chi connectivity index (χ0) is 15.3. The van der Waals surface area contributed by atoms with Crippen LogP contribution in [0, 0.1) is 0 Å². The van der Waals surface area contributed by atoms with Gasteiger partial charge < -0.3 is 10.1 Å². The van der Waals surface area contributed by atoms with Crippen LogP contribution in [0.3, 0.4) is 0 Å². The van der Waals surface area contributed by atoms with Gasteiger partial charge in [-0.15, -0.1) is 11.3 Å². The first-order valence-electron chi connectivity index (χ1n) is 7.10. The normalized spacial score (nSPS) is 20.8. The molecule has 2 N–H and O–H groups in total. The molecule has 0 aliphatic carbocycles. The quantitative estimate of drug-likeness (QED) is 0.759. The molecule has 1 fully saturated rings. The second kappa shape index (κ2) is 7.66. The Morgan fingerprint density at radius 1 is 1.52 bits per heavy atom. The number of hydrogen-bond acceptors (Lipinski definition) is 6. The molecule has 1 aromatic heterocycles. The third-order valence-corrected chi connectivity index (χ3v) is 6.36. The summed E-state index contributed by atoms with van der Waals surface area (Å²) in [5, 5.41) is 4.87. The molecule has 0 spiro atoms. The highest BCUT2D eigenvalue weighted by molar-refractivity contribution is 7.91. The Bertz CT molecular complexity index is 545. The van der Waals surface area contributed by atoms with Gasteiger partial charge in [0, 0.05) is 26.2 Å². The fraction of sp³-hybridized carbons (Fsp3) is 0.692. The van der Waals surface area contributed by atoms with E-state index in [1.807, 2.05) is 12.4 Å². The Morgan fingerprint density at radius 3 is 3.05 bits per heavy atom. The van der Waals surface area contributed by atoms with E-state index in [1.165, 1.54) is 11.3 Å². The second-order valence-corrected chi connectivity index (χ2v) is 7.95. The molecule has 1 atom stereocenters. The van der Waals surface area contributed by atoms with E-state index in [4.69, 9.17) is 4.74 Å². The van der Waals surface area contributed by atoms with Crippen LogP contribution in [0.4, 0.5) is 0 Å². The highest BCUT2D eigenvalue weighted by Gasteiger charge is 2.23. The number of rotatable bonds is 7. The summed E-state index contributed by atoms with van der Waals surface area (Å²) in [5.74, 6) is 0. The van der Waals surface area contributed by atoms with E-state index in [0.717, 1.165) is 25.2 Å². The second-order valence-electron chi connectivity index (χ2n) is 5.04. The van der Waals surface area contributed by atoms with Gasteiger partial charge in [0.05, 0.1) is 12.7 Å². The third kappa shape index (κ3) is 4.73. The monoisotopic (exact) mass is 333 g/mol. The third-order valence-electron chi connectivity index (χ3n) is 3.45. The van der Waals surface area contributed by atoms with Crippen molar-refractivity contribution in [1.29, 1.82) is 0 Å². The number of ether oxygens (including phenoxy) is 1. The summed E-state index contributed by atoms with van der Waals surface area (Å²) >= 11 is 1.25. The summed E-state index contributed by atoms with van der Waals surface area (Å²) in [4.78, 5) is 2.26. The first-order valence-corrected chi connectivity index (χ1v) is 9.47. The lowest BCUT2D eigenvalue weighted by Gasteiger charge is -2.32. The number of nitrogens with one attached hydrogen (secondary N) is 2. The number of likely N-dealkylation sites (N-methyl/N-ethyl adjacent to an activating group) is 1. The minimum Gasteiger partial charge on any atom is -0.374 e. The fourth-order valence-corrected chi connectivity index (χ4v) is 4.58. The van der Waals surface area contributed by atoms with Crippen LogP contribution in [0.25, 0.3) is 0 Å². The summed E-state index contributed by atoms with van der Waals surface area (Å²) in [6, 6.07) is 1.71. The van der Waals surface area contributed by atoms with E-state index < -0.39 is 10.0 Å². The maximum absolute atomic E-state index is 12.3. The number of nitrogens with zero attached hydrogens (tertiary/aromatic N) is 1. The Morgan fingerprint density at radius 2 is 2.33 bits per heavy atom. The van der Waals surface area contributed by atoms with Crippen molar-refractivity contribution in [2.75, 3.05) is 39.8 Å². The van der Waals surface area contributed by atoms with Crippen LogP contribution >= 0.6 is 11.3 Å². The number of thiophene rings is 1. The first kappa shape index (κ1) is 16.9. The summed E-state index contributed by atoms with van der Waals surface area (Å²) in [7, 11) is -1.60. The highest BCUT2D eigenvalue weighted by atomic mass is 32.2. The molecule has 1 aliphatic rings. The molecule has 1 saturated heterocycles. The molecule has 0 aromatic carbocycles. The molecule has 1 unspecified atom stereocenters. The Hall–Kier alpha value is -0.510. The topological polar surface area (TPSA) is 70.7 Å². The fourth-order valence-electron chi connectivity index (χ4n) is 2.26. The zero-order valence-electron chi connectivity index (χ0n) is 12.5. The zero-order valence-corrected chi connectivity index (χ0v) is 14.1. The van der Waals surface area contributed by atoms with E-state index in [1.54, 1.807) is 6.07 Å². The van der Waals surface area contributed by atoms with E-state index in [9.17, 15) is 8.42 Å². The van der Waals surface area contributed by atoms with Gasteiger partial charge in [-0.25, -0.2) is 13.1 Å². The minimum absolute atomic E-state index is 0.0785. The van der Waals surface area contributed by atoms with Crippen LogP contribution in [0.5, 0.6) is 0 Å². The van der Waals surface area contributed by atoms with Gasteiger partial charge in [0.25, 0.3) is 0 Å². The highest BCUT2D eigenvalue weighted by Crippen LogP contribution is 2.20. The summed E-state index contributed by atoms with van der Waals surface area (Å²) in [6.45, 7) is 6.39. The van der Waals surface area contributed by atoms with Gasteiger partial charge in [0.2, 0.25) is 10.0 Å². The van der Waals surface area contributed by atoms with Crippen LogP contribution in [0.1, 0.15) is 12.5 Å². The SMILES string of the molecule is CCN1CCOC(CNS(=O)(=O)c2cc(CNC)cs2)C1. The van der Waals surface area contributed by atoms with Gasteiger partial charge in [-0.2, -0.15) is 0 Å². The molecule has 120 valence electrons. The molecular weight excluding hydrogens is 310 g/mol. The van der Waals surface area contributed by atoms with Gasteiger partial charge >= 0.3 is 0 Å². The molecule has 0 amide bonds. The van der Waals surface area contributed by atoms with Crippen molar-refractivity contribution in [2.45, 2.75) is 23.8 Å². The number of sulfonamides is 1. The molecule has 1 aromatic rings.